The lowest BCUT2D eigenvalue weighted by atomic mass is 10.0. The number of rotatable bonds is 6. The zero-order valence-electron chi connectivity index (χ0n) is 27.4. The molecule has 7 amide bonds. The number of nitrogens with zero attached hydrogens (tertiary/aromatic N) is 4. The summed E-state index contributed by atoms with van der Waals surface area (Å²) in [5, 5.41) is 15.6. The van der Waals surface area contributed by atoms with Crippen molar-refractivity contribution in [2.45, 2.75) is 58.0 Å². The van der Waals surface area contributed by atoms with E-state index in [9.17, 15) is 28.8 Å². The van der Waals surface area contributed by atoms with Crippen LogP contribution in [-0.2, 0) is 20.8 Å². The summed E-state index contributed by atoms with van der Waals surface area (Å²) in [6.07, 6.45) is 1.94. The number of fused-ring (bicyclic) bond motifs is 4. The third-order valence-corrected chi connectivity index (χ3v) is 9.92. The lowest BCUT2D eigenvalue weighted by molar-refractivity contribution is -0.132. The molecule has 0 radical (unpaired) electrons. The number of nitrogens with one attached hydrogen (secondary N) is 4. The number of hydrogen-bond acceptors (Lipinski definition) is 10. The summed E-state index contributed by atoms with van der Waals surface area (Å²) >= 11 is 2.57. The van der Waals surface area contributed by atoms with E-state index in [0.29, 0.717) is 35.7 Å². The number of thiazole rings is 2. The Labute approximate surface area is 292 Å². The van der Waals surface area contributed by atoms with Crippen LogP contribution < -0.4 is 21.3 Å². The van der Waals surface area contributed by atoms with Gasteiger partial charge in [0.15, 0.2) is 0 Å². The van der Waals surface area contributed by atoms with Gasteiger partial charge in [0.2, 0.25) is 17.7 Å². The van der Waals surface area contributed by atoms with E-state index in [1.54, 1.807) is 15.7 Å². The zero-order chi connectivity index (χ0) is 34.9. The van der Waals surface area contributed by atoms with Gasteiger partial charge >= 0.3 is 6.03 Å². The topological polar surface area (TPSA) is 183 Å². The molecule has 5 rings (SSSR count). The first-order valence-corrected chi connectivity index (χ1v) is 18.0. The van der Waals surface area contributed by atoms with E-state index in [2.05, 4.69) is 31.2 Å². The van der Waals surface area contributed by atoms with Gasteiger partial charge in [0, 0.05) is 36.8 Å². The fraction of sp³-hybridized carbons (Fsp3) is 0.455. The van der Waals surface area contributed by atoms with Crippen LogP contribution >= 0.6 is 22.7 Å². The van der Waals surface area contributed by atoms with Crippen molar-refractivity contribution in [1.82, 2.24) is 41.0 Å². The molecule has 0 aliphatic carbocycles. The standard InChI is InChI=1S/C33H40N8O6S2/c1-20(2)14-22-31-38-25(19-49-31)30(46)36-23(15-21-8-4-3-5-9-21)32-37-24(18-48-32)29(45)34-11-7-13-40(12-6-10-26(42)35-22)28(44)17-41-16-27(43)39-33(41)47/h3-5,8-9,18-20,22-23H,6-7,10-17H2,1-2H3,(H,34,45)(H,35,42)(H,36,46)(H,39,43,47)/t22-,23-/m0/s1. The van der Waals surface area contributed by atoms with Crippen LogP contribution in [0.3, 0.4) is 0 Å². The minimum Gasteiger partial charge on any atom is -0.351 e. The average molecular weight is 709 g/mol. The minimum atomic E-state index is -0.624. The summed E-state index contributed by atoms with van der Waals surface area (Å²) in [4.78, 5) is 88.6. The molecule has 0 unspecified atom stereocenters. The van der Waals surface area contributed by atoms with Crippen molar-refractivity contribution in [2.75, 3.05) is 32.7 Å². The SMILES string of the molecule is CC(C)C[C@@H]1NC(=O)CCCN(C(=O)CN2CC(=O)NC2=O)CCCNC(=O)c2csc(n2)[C@H](Cc2ccccc2)NC(=O)c2csc1n2. The first-order chi connectivity index (χ1) is 23.5. The summed E-state index contributed by atoms with van der Waals surface area (Å²) in [6, 6.07) is 8.11. The van der Waals surface area contributed by atoms with E-state index in [-0.39, 0.29) is 80.1 Å². The van der Waals surface area contributed by atoms with E-state index in [0.717, 1.165) is 10.5 Å². The summed E-state index contributed by atoms with van der Waals surface area (Å²) in [6.45, 7) is 4.34. The van der Waals surface area contributed by atoms with Gasteiger partial charge in [0.05, 0.1) is 12.1 Å². The number of amides is 7. The highest BCUT2D eigenvalue weighted by Gasteiger charge is 2.30. The number of hydrogen-bond donors (Lipinski definition) is 4. The maximum absolute atomic E-state index is 13.5. The second-order valence-corrected chi connectivity index (χ2v) is 14.2. The van der Waals surface area contributed by atoms with Crippen LogP contribution in [0.4, 0.5) is 4.79 Å². The van der Waals surface area contributed by atoms with Crippen LogP contribution in [0.25, 0.3) is 0 Å². The number of benzene rings is 1. The Kier molecular flexibility index (Phi) is 12.1. The lowest BCUT2D eigenvalue weighted by Crippen LogP contribution is -2.43. The van der Waals surface area contributed by atoms with E-state index in [4.69, 9.17) is 0 Å². The molecule has 4 heterocycles. The van der Waals surface area contributed by atoms with Gasteiger partial charge in [-0.15, -0.1) is 22.7 Å². The average Bonchev–Trinajstić information content (AvgIpc) is 3.82. The summed E-state index contributed by atoms with van der Waals surface area (Å²) in [5.41, 5.74) is 1.42. The largest absolute Gasteiger partial charge is 0.351 e. The molecule has 49 heavy (non-hydrogen) atoms. The second-order valence-electron chi connectivity index (χ2n) is 12.4. The third-order valence-electron chi connectivity index (χ3n) is 8.00. The molecule has 3 aromatic rings. The predicted octanol–water partition coefficient (Wildman–Crippen LogP) is 2.81. The number of urea groups is 1. The predicted molar refractivity (Wildman–Crippen MR) is 183 cm³/mol. The molecule has 2 aromatic heterocycles. The van der Waals surface area contributed by atoms with E-state index >= 15 is 0 Å². The van der Waals surface area contributed by atoms with Crippen molar-refractivity contribution < 1.29 is 28.8 Å². The highest BCUT2D eigenvalue weighted by molar-refractivity contribution is 7.10. The molecule has 0 saturated carbocycles. The zero-order valence-corrected chi connectivity index (χ0v) is 29.0. The molecule has 4 N–H and O–H groups in total. The van der Waals surface area contributed by atoms with Crippen molar-refractivity contribution in [3.8, 4) is 0 Å². The van der Waals surface area contributed by atoms with E-state index in [1.807, 2.05) is 44.2 Å². The van der Waals surface area contributed by atoms with Gasteiger partial charge in [-0.05, 0) is 37.2 Å². The molecule has 4 bridgehead atoms. The van der Waals surface area contributed by atoms with Crippen LogP contribution in [0, 0.1) is 5.92 Å². The number of imide groups is 1. The van der Waals surface area contributed by atoms with Gasteiger partial charge < -0.3 is 25.8 Å². The monoisotopic (exact) mass is 708 g/mol. The molecule has 0 spiro atoms. The minimum absolute atomic E-state index is 0.129. The molecule has 14 nitrogen and oxygen atoms in total. The van der Waals surface area contributed by atoms with Crippen molar-refractivity contribution in [2.24, 2.45) is 5.92 Å². The molecule has 2 aliphatic heterocycles. The van der Waals surface area contributed by atoms with Gasteiger partial charge in [-0.25, -0.2) is 14.8 Å². The molecule has 1 aromatic carbocycles. The Balaban J connectivity index is 1.38. The van der Waals surface area contributed by atoms with Gasteiger partial charge in [-0.1, -0.05) is 44.2 Å². The fourth-order valence-corrected chi connectivity index (χ4v) is 7.29. The Bertz CT molecular complexity index is 1680. The van der Waals surface area contributed by atoms with Crippen LogP contribution in [0.15, 0.2) is 41.1 Å². The number of carbonyl (C=O) groups is 6. The quantitative estimate of drug-likeness (QED) is 0.282. The summed E-state index contributed by atoms with van der Waals surface area (Å²) < 4.78 is 0. The van der Waals surface area contributed by atoms with Crippen molar-refractivity contribution in [1.29, 1.82) is 0 Å². The molecule has 1 saturated heterocycles. The maximum Gasteiger partial charge on any atom is 0.325 e. The van der Waals surface area contributed by atoms with Gasteiger partial charge in [0.25, 0.3) is 11.8 Å². The van der Waals surface area contributed by atoms with E-state index < -0.39 is 24.0 Å². The third kappa shape index (κ3) is 9.92. The van der Waals surface area contributed by atoms with Crippen LogP contribution in [0.1, 0.15) is 88.2 Å². The normalized spacial score (nSPS) is 19.9. The van der Waals surface area contributed by atoms with Crippen molar-refractivity contribution in [3.63, 3.8) is 0 Å². The molecular formula is C33H40N8O6S2. The van der Waals surface area contributed by atoms with Gasteiger partial charge in [-0.2, -0.15) is 0 Å². The highest BCUT2D eigenvalue weighted by Crippen LogP contribution is 2.27. The van der Waals surface area contributed by atoms with Gasteiger partial charge in [-0.3, -0.25) is 29.3 Å². The molecule has 260 valence electrons. The number of aromatic nitrogens is 2. The smallest absolute Gasteiger partial charge is 0.325 e. The van der Waals surface area contributed by atoms with Crippen LogP contribution in [0.5, 0.6) is 0 Å². The second kappa shape index (κ2) is 16.6. The lowest BCUT2D eigenvalue weighted by Gasteiger charge is -2.25. The maximum atomic E-state index is 13.5. The molecule has 2 aliphatic rings. The Morgan fingerprint density at radius 3 is 2.22 bits per heavy atom. The molecule has 16 heteroatoms. The number of carbonyl (C=O) groups excluding carboxylic acids is 6. The summed E-state index contributed by atoms with van der Waals surface area (Å²) in [7, 11) is 0. The van der Waals surface area contributed by atoms with Crippen LogP contribution in [-0.4, -0.2) is 88.1 Å². The Morgan fingerprint density at radius 1 is 0.878 bits per heavy atom. The fourth-order valence-electron chi connectivity index (χ4n) is 5.57. The highest BCUT2D eigenvalue weighted by atomic mass is 32.1. The Hall–Kier alpha value is -4.70. The van der Waals surface area contributed by atoms with Gasteiger partial charge in [0.1, 0.15) is 34.5 Å². The molecule has 2 atom stereocenters. The van der Waals surface area contributed by atoms with Crippen molar-refractivity contribution >= 4 is 58.2 Å². The Morgan fingerprint density at radius 2 is 1.55 bits per heavy atom. The first-order valence-electron chi connectivity index (χ1n) is 16.3. The van der Waals surface area contributed by atoms with Crippen LogP contribution in [0.2, 0.25) is 0 Å². The molecule has 1 fully saturated rings. The van der Waals surface area contributed by atoms with Crippen molar-refractivity contribution in [3.05, 3.63) is 68.1 Å². The first kappa shape index (κ1) is 35.6. The molecular weight excluding hydrogens is 669 g/mol. The van der Waals surface area contributed by atoms with E-state index in [1.165, 1.54) is 22.7 Å². The summed E-state index contributed by atoms with van der Waals surface area (Å²) in [5.74, 6) is -1.60.